The summed E-state index contributed by atoms with van der Waals surface area (Å²) in [6.07, 6.45) is 4.38. The van der Waals surface area contributed by atoms with E-state index in [-0.39, 0.29) is 11.9 Å². The largest absolute Gasteiger partial charge is 0.448 e. The number of rotatable bonds is 3. The molecule has 1 aliphatic carbocycles. The molecule has 3 heterocycles. The number of hydrogen-bond donors (Lipinski definition) is 0. The number of esters is 1. The predicted octanol–water partition coefficient (Wildman–Crippen LogP) is 3.26. The van der Waals surface area contributed by atoms with E-state index in [9.17, 15) is 9.59 Å². The van der Waals surface area contributed by atoms with Crippen LogP contribution in [0.25, 0.3) is 0 Å². The van der Waals surface area contributed by atoms with Crippen molar-refractivity contribution in [3.8, 4) is 0 Å². The summed E-state index contributed by atoms with van der Waals surface area (Å²) in [5.74, 6) is 0.314. The van der Waals surface area contributed by atoms with Gasteiger partial charge in [-0.25, -0.2) is 14.9 Å². The maximum atomic E-state index is 13.8. The molecular weight excluding hydrogens is 330 g/mol. The van der Waals surface area contributed by atoms with Crippen LogP contribution < -0.4 is 4.90 Å². The Morgan fingerprint density at radius 1 is 1.00 bits per heavy atom. The summed E-state index contributed by atoms with van der Waals surface area (Å²) in [4.78, 5) is 36.5. The molecule has 2 bridgehead atoms. The van der Waals surface area contributed by atoms with Gasteiger partial charge in [-0.3, -0.25) is 9.59 Å². The van der Waals surface area contributed by atoms with Crippen LogP contribution in [0.5, 0.6) is 0 Å². The molecule has 0 radical (unpaired) electrons. The van der Waals surface area contributed by atoms with E-state index >= 15 is 0 Å². The summed E-state index contributed by atoms with van der Waals surface area (Å²) >= 11 is 0. The molecule has 0 aromatic carbocycles. The van der Waals surface area contributed by atoms with Crippen molar-refractivity contribution in [1.82, 2.24) is 9.97 Å². The van der Waals surface area contributed by atoms with Crippen molar-refractivity contribution >= 4 is 23.5 Å². The first-order valence-corrected chi connectivity index (χ1v) is 8.74. The van der Waals surface area contributed by atoms with E-state index < -0.39 is 16.4 Å². The molecule has 134 valence electrons. The third kappa shape index (κ3) is 1.92. The lowest BCUT2D eigenvalue weighted by Crippen LogP contribution is -2.54. The van der Waals surface area contributed by atoms with Crippen molar-refractivity contribution in [1.29, 1.82) is 0 Å². The lowest BCUT2D eigenvalue weighted by molar-refractivity contribution is -0.166. The number of aromatic nitrogens is 2. The number of carbonyl (C=O) groups is 2. The SMILES string of the molecule is CC1(C)[C@]2(C)CC[C@]1(C(=O)N(c1ccccn1)c1ccccn1)OC2=O. The van der Waals surface area contributed by atoms with Gasteiger partial charge < -0.3 is 4.74 Å². The molecule has 1 saturated carbocycles. The minimum Gasteiger partial charge on any atom is -0.448 e. The number of hydrogen-bond acceptors (Lipinski definition) is 5. The van der Waals surface area contributed by atoms with Crippen LogP contribution >= 0.6 is 0 Å². The molecule has 1 aliphatic heterocycles. The highest BCUT2D eigenvalue weighted by molar-refractivity contribution is 6.08. The fourth-order valence-corrected chi connectivity index (χ4v) is 4.20. The second-order valence-corrected chi connectivity index (χ2v) is 7.69. The fraction of sp³-hybridized carbons (Fsp3) is 0.400. The predicted molar refractivity (Wildman–Crippen MR) is 95.6 cm³/mol. The average molecular weight is 351 g/mol. The zero-order chi connectivity index (χ0) is 18.6. The maximum absolute atomic E-state index is 13.8. The second-order valence-electron chi connectivity index (χ2n) is 7.69. The van der Waals surface area contributed by atoms with Gasteiger partial charge >= 0.3 is 5.97 Å². The molecule has 2 atom stereocenters. The van der Waals surface area contributed by atoms with Gasteiger partial charge in [-0.2, -0.15) is 0 Å². The Morgan fingerprint density at radius 3 is 1.96 bits per heavy atom. The van der Waals surface area contributed by atoms with Crippen molar-refractivity contribution in [2.75, 3.05) is 4.90 Å². The molecule has 0 N–H and O–H groups in total. The highest BCUT2D eigenvalue weighted by Crippen LogP contribution is 2.66. The van der Waals surface area contributed by atoms with Crippen molar-refractivity contribution in [2.45, 2.75) is 39.2 Å². The van der Waals surface area contributed by atoms with E-state index in [1.807, 2.05) is 32.9 Å². The van der Waals surface area contributed by atoms with Crippen molar-refractivity contribution in [2.24, 2.45) is 10.8 Å². The molecule has 2 aromatic rings. The molecule has 6 heteroatoms. The van der Waals surface area contributed by atoms with Gasteiger partial charge in [-0.1, -0.05) is 26.0 Å². The summed E-state index contributed by atoms with van der Waals surface area (Å²) in [5.41, 5.74) is -2.51. The normalized spacial score (nSPS) is 28.7. The lowest BCUT2D eigenvalue weighted by Gasteiger charge is -2.38. The molecule has 1 amide bonds. The molecule has 26 heavy (non-hydrogen) atoms. The number of ether oxygens (including phenoxy) is 1. The first-order chi connectivity index (χ1) is 12.3. The molecular formula is C20H21N3O3. The number of fused-ring (bicyclic) bond motifs is 2. The van der Waals surface area contributed by atoms with Gasteiger partial charge in [0.25, 0.3) is 5.91 Å². The zero-order valence-corrected chi connectivity index (χ0v) is 15.1. The highest BCUT2D eigenvalue weighted by Gasteiger charge is 2.76. The number of nitrogens with zero attached hydrogens (tertiary/aromatic N) is 3. The molecule has 4 rings (SSSR count). The number of pyridine rings is 2. The van der Waals surface area contributed by atoms with Crippen LogP contribution in [0.4, 0.5) is 11.6 Å². The Hall–Kier alpha value is -2.76. The molecule has 2 aliphatic rings. The minimum absolute atomic E-state index is 0.297. The third-order valence-corrected chi connectivity index (χ3v) is 6.39. The Kier molecular flexibility index (Phi) is 3.45. The van der Waals surface area contributed by atoms with Crippen LogP contribution in [0.15, 0.2) is 48.8 Å². The molecule has 0 unspecified atom stereocenters. The fourth-order valence-electron chi connectivity index (χ4n) is 4.20. The monoisotopic (exact) mass is 351 g/mol. The van der Waals surface area contributed by atoms with E-state index in [0.717, 1.165) is 0 Å². The first kappa shape index (κ1) is 16.7. The summed E-state index contributed by atoms with van der Waals surface area (Å²) in [5, 5.41) is 0. The molecule has 2 fully saturated rings. The summed E-state index contributed by atoms with van der Waals surface area (Å²) in [6.45, 7) is 5.78. The number of amides is 1. The summed E-state index contributed by atoms with van der Waals surface area (Å²) in [7, 11) is 0. The van der Waals surface area contributed by atoms with E-state index in [0.29, 0.717) is 24.5 Å². The van der Waals surface area contributed by atoms with Crippen LogP contribution in [0.3, 0.4) is 0 Å². The van der Waals surface area contributed by atoms with Crippen LogP contribution in [-0.4, -0.2) is 27.4 Å². The van der Waals surface area contributed by atoms with Crippen LogP contribution in [0, 0.1) is 10.8 Å². The third-order valence-electron chi connectivity index (χ3n) is 6.39. The van der Waals surface area contributed by atoms with Crippen LogP contribution in [0.1, 0.15) is 33.6 Å². The van der Waals surface area contributed by atoms with Crippen molar-refractivity contribution in [3.05, 3.63) is 48.8 Å². The second kappa shape index (κ2) is 5.37. The zero-order valence-electron chi connectivity index (χ0n) is 15.1. The molecule has 2 aromatic heterocycles. The maximum Gasteiger partial charge on any atom is 0.313 e. The standard InChI is InChI=1S/C20H21N3O3/c1-18(2)19(3)10-11-20(18,26-17(19)25)16(24)23(14-8-4-6-12-21-14)15-9-5-7-13-22-15/h4-9,12-13H,10-11H2,1-3H3/t19-,20-/m1/s1. The highest BCUT2D eigenvalue weighted by atomic mass is 16.6. The lowest BCUT2D eigenvalue weighted by atomic mass is 9.66. The number of carbonyl (C=O) groups excluding carboxylic acids is 2. The van der Waals surface area contributed by atoms with E-state index in [4.69, 9.17) is 4.74 Å². The van der Waals surface area contributed by atoms with Gasteiger partial charge in [-0.15, -0.1) is 0 Å². The molecule has 0 spiro atoms. The van der Waals surface area contributed by atoms with E-state index in [2.05, 4.69) is 9.97 Å². The Morgan fingerprint density at radius 2 is 1.58 bits per heavy atom. The smallest absolute Gasteiger partial charge is 0.313 e. The number of anilines is 2. The first-order valence-electron chi connectivity index (χ1n) is 8.74. The van der Waals surface area contributed by atoms with Crippen molar-refractivity contribution < 1.29 is 14.3 Å². The van der Waals surface area contributed by atoms with E-state index in [1.165, 1.54) is 4.90 Å². The molecule has 6 nitrogen and oxygen atoms in total. The van der Waals surface area contributed by atoms with Gasteiger partial charge in [0.05, 0.1) is 5.41 Å². The average Bonchev–Trinajstić information content (AvgIpc) is 2.94. The van der Waals surface area contributed by atoms with Crippen LogP contribution in [-0.2, 0) is 14.3 Å². The summed E-state index contributed by atoms with van der Waals surface area (Å²) < 4.78 is 5.77. The van der Waals surface area contributed by atoms with Crippen molar-refractivity contribution in [3.63, 3.8) is 0 Å². The summed E-state index contributed by atoms with van der Waals surface area (Å²) in [6, 6.07) is 10.7. The molecule has 1 saturated heterocycles. The Labute approximate surface area is 152 Å². The van der Waals surface area contributed by atoms with Gasteiger partial charge in [-0.05, 0) is 44.0 Å². The van der Waals surface area contributed by atoms with Crippen LogP contribution in [0.2, 0.25) is 0 Å². The minimum atomic E-state index is -1.21. The van der Waals surface area contributed by atoms with E-state index in [1.54, 1.807) is 36.7 Å². The van der Waals surface area contributed by atoms with Gasteiger partial charge in [0, 0.05) is 17.8 Å². The van der Waals surface area contributed by atoms with Gasteiger partial charge in [0.1, 0.15) is 11.6 Å². The van der Waals surface area contributed by atoms with Gasteiger partial charge in [0.15, 0.2) is 5.60 Å². The Balaban J connectivity index is 1.86. The van der Waals surface area contributed by atoms with Gasteiger partial charge in [0.2, 0.25) is 0 Å². The topological polar surface area (TPSA) is 72.4 Å². The quantitative estimate of drug-likeness (QED) is 0.794. The Bertz CT molecular complexity index is 829.